The Morgan fingerprint density at radius 2 is 1.00 bits per heavy atom. The minimum atomic E-state index is -5.10. The van der Waals surface area contributed by atoms with Crippen molar-refractivity contribution in [3.05, 3.63) is 0 Å². The molecule has 40 valence electrons. The van der Waals surface area contributed by atoms with Crippen molar-refractivity contribution in [1.82, 2.24) is 0 Å². The molecule has 0 saturated heterocycles. The van der Waals surface area contributed by atoms with E-state index in [0.717, 1.165) is 0 Å². The van der Waals surface area contributed by atoms with Gasteiger partial charge in [0.25, 0.3) is 0 Å². The second-order valence-electron chi connectivity index (χ2n) is 0.639. The SMILES string of the molecule is F[As](Cl)(Cl)(Cl)Cl. The van der Waals surface area contributed by atoms with Gasteiger partial charge in [-0.05, 0) is 0 Å². The van der Waals surface area contributed by atoms with Gasteiger partial charge in [0.05, 0.1) is 0 Å². The summed E-state index contributed by atoms with van der Waals surface area (Å²) in [7, 11) is 13.3. The van der Waals surface area contributed by atoms with E-state index in [1.807, 2.05) is 0 Å². The van der Waals surface area contributed by atoms with Gasteiger partial charge in [-0.25, -0.2) is 0 Å². The van der Waals surface area contributed by atoms with E-state index < -0.39 is 9.16 Å². The monoisotopic (exact) mass is 234 g/mol. The summed E-state index contributed by atoms with van der Waals surface area (Å²) in [5, 5.41) is 0. The van der Waals surface area contributed by atoms with Crippen LogP contribution in [0.25, 0.3) is 0 Å². The average molecular weight is 236 g/mol. The number of halogens is 5. The molecule has 0 atom stereocenters. The molecule has 0 aromatic heterocycles. The maximum absolute atomic E-state index is 11.6. The zero-order valence-electron chi connectivity index (χ0n) is 2.34. The summed E-state index contributed by atoms with van der Waals surface area (Å²) in [5.74, 6) is 0. The van der Waals surface area contributed by atoms with E-state index >= 15 is 0 Å². The zero-order chi connectivity index (χ0) is 5.45. The standard InChI is InChI=1S/AsCl4F/c2-1(3,4,5)6. The third-order valence-corrected chi connectivity index (χ3v) is 0. The van der Waals surface area contributed by atoms with Crippen LogP contribution < -0.4 is 0 Å². The third kappa shape index (κ3) is 44.9. The van der Waals surface area contributed by atoms with Crippen molar-refractivity contribution in [2.75, 3.05) is 0 Å². The topological polar surface area (TPSA) is 0 Å². The zero-order valence-corrected chi connectivity index (χ0v) is 7.24. The van der Waals surface area contributed by atoms with E-state index in [1.54, 1.807) is 0 Å². The van der Waals surface area contributed by atoms with Crippen molar-refractivity contribution in [3.8, 4) is 0 Å². The molecule has 0 rings (SSSR count). The first-order valence-corrected chi connectivity index (χ1v) is 11.4. The Labute approximate surface area is 52.3 Å². The van der Waals surface area contributed by atoms with Crippen LogP contribution in [0.4, 0.5) is 3.47 Å². The van der Waals surface area contributed by atoms with Crippen LogP contribution in [-0.4, -0.2) is 9.16 Å². The Kier molecular flexibility index (Phi) is 1.99. The molecule has 0 heterocycles. The van der Waals surface area contributed by atoms with Crippen LogP contribution in [0.15, 0.2) is 0 Å². The molecule has 6 heteroatoms. The molecule has 6 heavy (non-hydrogen) atoms. The predicted octanol–water partition coefficient (Wildman–Crippen LogP) is 2.80. The van der Waals surface area contributed by atoms with Gasteiger partial charge in [0.1, 0.15) is 0 Å². The Bertz CT molecular complexity index is 40.7. The van der Waals surface area contributed by atoms with Crippen molar-refractivity contribution in [2.45, 2.75) is 0 Å². The first-order chi connectivity index (χ1) is 2.24. The molecule has 0 spiro atoms. The Morgan fingerprint density at radius 3 is 1.00 bits per heavy atom. The second kappa shape index (κ2) is 1.56. The van der Waals surface area contributed by atoms with Crippen LogP contribution in [0, 0.1) is 0 Å². The number of rotatable bonds is 0. The summed E-state index contributed by atoms with van der Waals surface area (Å²) in [6.07, 6.45) is 0. The second-order valence-corrected chi connectivity index (χ2v) is 21.9. The summed E-state index contributed by atoms with van der Waals surface area (Å²) >= 11 is 0. The molecular formula is AsCl4F. The van der Waals surface area contributed by atoms with Gasteiger partial charge in [-0.3, -0.25) is 0 Å². The molecule has 0 aliphatic rings. The van der Waals surface area contributed by atoms with Gasteiger partial charge in [-0.1, -0.05) is 0 Å². The van der Waals surface area contributed by atoms with Crippen LogP contribution in [0.1, 0.15) is 0 Å². The quantitative estimate of drug-likeness (QED) is 0.567. The summed E-state index contributed by atoms with van der Waals surface area (Å²) in [4.78, 5) is 0. The molecule has 0 radical (unpaired) electrons. The summed E-state index contributed by atoms with van der Waals surface area (Å²) in [6.45, 7) is 0. The Morgan fingerprint density at radius 1 is 1.00 bits per heavy atom. The van der Waals surface area contributed by atoms with E-state index in [9.17, 15) is 3.47 Å². The van der Waals surface area contributed by atoms with E-state index in [2.05, 4.69) is 39.8 Å². The van der Waals surface area contributed by atoms with Crippen LogP contribution in [0.2, 0.25) is 0 Å². The summed E-state index contributed by atoms with van der Waals surface area (Å²) in [5.41, 5.74) is 0. The summed E-state index contributed by atoms with van der Waals surface area (Å²) < 4.78 is 11.6. The van der Waals surface area contributed by atoms with Gasteiger partial charge in [-0.15, -0.1) is 0 Å². The van der Waals surface area contributed by atoms with Gasteiger partial charge in [0, 0.05) is 0 Å². The molecule has 0 aliphatic carbocycles. The first kappa shape index (κ1) is 7.65. The average Bonchev–Trinajstić information content (AvgIpc) is 0.650. The van der Waals surface area contributed by atoms with Gasteiger partial charge >= 0.3 is 52.4 Å². The summed E-state index contributed by atoms with van der Waals surface area (Å²) in [6, 6.07) is 0. The molecule has 0 bridgehead atoms. The fourth-order valence-electron chi connectivity index (χ4n) is 0. The van der Waals surface area contributed by atoms with Crippen LogP contribution in [0.3, 0.4) is 0 Å². The van der Waals surface area contributed by atoms with Gasteiger partial charge < -0.3 is 0 Å². The van der Waals surface area contributed by atoms with Gasteiger partial charge in [0.15, 0.2) is 0 Å². The molecule has 0 saturated carbocycles. The number of hydrogen-bond donors (Lipinski definition) is 0. The van der Waals surface area contributed by atoms with E-state index in [1.165, 1.54) is 0 Å². The molecule has 0 nitrogen and oxygen atoms in total. The fraction of sp³-hybridized carbons (Fsp3) is 0. The molecule has 0 fully saturated rings. The molecule has 0 amide bonds. The first-order valence-electron chi connectivity index (χ1n) is 0.845. The van der Waals surface area contributed by atoms with E-state index in [-0.39, 0.29) is 0 Å². The van der Waals surface area contributed by atoms with Gasteiger partial charge in [-0.2, -0.15) is 0 Å². The molecule has 0 unspecified atom stereocenters. The molecule has 0 aliphatic heterocycles. The Balaban J connectivity index is 3.73. The van der Waals surface area contributed by atoms with Crippen molar-refractivity contribution in [3.63, 3.8) is 0 Å². The van der Waals surface area contributed by atoms with Crippen LogP contribution in [-0.2, 0) is 0 Å². The normalized spacial score (nSPS) is 19.2. The number of hydrogen-bond acceptors (Lipinski definition) is 0. The Hall–Kier alpha value is 1.65. The molecule has 0 aromatic rings. The van der Waals surface area contributed by atoms with Crippen LogP contribution >= 0.6 is 39.8 Å². The fourth-order valence-corrected chi connectivity index (χ4v) is 0. The predicted molar refractivity (Wildman–Crippen MR) is 30.3 cm³/mol. The molecule has 0 N–H and O–H groups in total. The van der Waals surface area contributed by atoms with Gasteiger partial charge in [0.2, 0.25) is 0 Å². The van der Waals surface area contributed by atoms with Crippen molar-refractivity contribution >= 4 is 49.0 Å². The third-order valence-electron chi connectivity index (χ3n) is 0. The minimum absolute atomic E-state index is 4.59. The van der Waals surface area contributed by atoms with Crippen molar-refractivity contribution in [1.29, 1.82) is 0 Å². The molecular weight excluding hydrogens is 236 g/mol. The van der Waals surface area contributed by atoms with Crippen LogP contribution in [0.5, 0.6) is 0 Å². The van der Waals surface area contributed by atoms with Crippen molar-refractivity contribution < 1.29 is 3.47 Å². The van der Waals surface area contributed by atoms with E-state index in [0.29, 0.717) is 0 Å². The maximum atomic E-state index is 11.6. The van der Waals surface area contributed by atoms with Crippen molar-refractivity contribution in [2.24, 2.45) is 0 Å². The van der Waals surface area contributed by atoms with E-state index in [4.69, 9.17) is 0 Å². The molecule has 0 aromatic carbocycles.